The quantitative estimate of drug-likeness (QED) is 0.687. The van der Waals surface area contributed by atoms with E-state index in [-0.39, 0.29) is 18.6 Å². The molecule has 3 heterocycles. The molecule has 1 aromatic heterocycles. The van der Waals surface area contributed by atoms with Crippen molar-refractivity contribution in [2.24, 2.45) is 0 Å². The highest BCUT2D eigenvalue weighted by atomic mass is 32.1. The molecule has 0 aliphatic carbocycles. The van der Waals surface area contributed by atoms with Gasteiger partial charge in [-0.05, 0) is 17.0 Å². The van der Waals surface area contributed by atoms with Crippen LogP contribution in [0.15, 0.2) is 78.2 Å². The molecule has 152 valence electrons. The number of benzene rings is 2. The Morgan fingerprint density at radius 2 is 1.60 bits per heavy atom. The normalized spacial score (nSPS) is 26.3. The van der Waals surface area contributed by atoms with Gasteiger partial charge in [0.15, 0.2) is 6.23 Å². The fourth-order valence-corrected chi connectivity index (χ4v) is 4.81. The molecule has 2 aliphatic heterocycles. The van der Waals surface area contributed by atoms with Gasteiger partial charge in [0.25, 0.3) is 0 Å². The lowest BCUT2D eigenvalue weighted by molar-refractivity contribution is -0.157. The maximum Gasteiger partial charge on any atom is 0.411 e. The van der Waals surface area contributed by atoms with Crippen LogP contribution in [0.1, 0.15) is 34.4 Å². The lowest BCUT2D eigenvalue weighted by Gasteiger charge is -2.41. The molecule has 0 radical (unpaired) electrons. The van der Waals surface area contributed by atoms with Gasteiger partial charge in [-0.15, -0.1) is 11.3 Å². The van der Waals surface area contributed by atoms with Gasteiger partial charge in [0.05, 0.1) is 6.04 Å². The zero-order chi connectivity index (χ0) is 20.5. The summed E-state index contributed by atoms with van der Waals surface area (Å²) in [5.41, 5.74) is 1.78. The number of rotatable bonds is 4. The molecule has 0 saturated carbocycles. The molecule has 3 aromatic rings. The van der Waals surface area contributed by atoms with Crippen molar-refractivity contribution in [3.05, 3.63) is 94.2 Å². The highest BCUT2D eigenvalue weighted by Crippen LogP contribution is 2.41. The van der Waals surface area contributed by atoms with Gasteiger partial charge in [-0.3, -0.25) is 9.69 Å². The van der Waals surface area contributed by atoms with Crippen molar-refractivity contribution in [1.82, 2.24) is 10.2 Å². The lowest BCUT2D eigenvalue weighted by Crippen LogP contribution is -2.56. The summed E-state index contributed by atoms with van der Waals surface area (Å²) in [6.07, 6.45) is -1.69. The Balaban J connectivity index is 1.52. The molecule has 2 amide bonds. The standard InChI is InChI=1S/C23H20N2O4S/c26-21-19(25-17(14-28-23(25)27)15-8-3-1-4-9-15)20(18-12-7-13-30-18)29-22(24-21)16-10-5-2-6-11-16/h1-13,17,19-20,22H,14H2,(H,24,26)/t17-,19?,20?,22?/m1/s1. The van der Waals surface area contributed by atoms with Crippen LogP contribution >= 0.6 is 11.3 Å². The molecular formula is C23H20N2O4S. The molecule has 2 aliphatic rings. The van der Waals surface area contributed by atoms with Crippen LogP contribution in [0, 0.1) is 0 Å². The Morgan fingerprint density at radius 1 is 0.900 bits per heavy atom. The SMILES string of the molecule is O=C1NC(c2ccccc2)OC(c2cccs2)C1N1C(=O)OC[C@@H]1c1ccccc1. The first-order valence-electron chi connectivity index (χ1n) is 9.76. The highest BCUT2D eigenvalue weighted by molar-refractivity contribution is 7.10. The van der Waals surface area contributed by atoms with Crippen LogP contribution in [0.5, 0.6) is 0 Å². The predicted octanol–water partition coefficient (Wildman–Crippen LogP) is 4.20. The van der Waals surface area contributed by atoms with E-state index in [1.807, 2.05) is 78.2 Å². The van der Waals surface area contributed by atoms with Crippen LogP contribution in [0.4, 0.5) is 4.79 Å². The van der Waals surface area contributed by atoms with Crippen molar-refractivity contribution in [2.45, 2.75) is 24.4 Å². The minimum Gasteiger partial charge on any atom is -0.447 e. The van der Waals surface area contributed by atoms with Crippen LogP contribution in [-0.2, 0) is 14.3 Å². The second-order valence-electron chi connectivity index (χ2n) is 7.23. The number of nitrogens with one attached hydrogen (secondary N) is 1. The van der Waals surface area contributed by atoms with Crippen LogP contribution in [0.2, 0.25) is 0 Å². The molecule has 2 aromatic carbocycles. The van der Waals surface area contributed by atoms with Crippen LogP contribution in [0.25, 0.3) is 0 Å². The summed E-state index contributed by atoms with van der Waals surface area (Å²) in [5.74, 6) is -0.256. The summed E-state index contributed by atoms with van der Waals surface area (Å²) in [7, 11) is 0. The fraction of sp³-hybridized carbons (Fsp3) is 0.217. The largest absolute Gasteiger partial charge is 0.447 e. The number of carbonyl (C=O) groups excluding carboxylic acids is 2. The summed E-state index contributed by atoms with van der Waals surface area (Å²) < 4.78 is 11.7. The van der Waals surface area contributed by atoms with E-state index in [4.69, 9.17) is 9.47 Å². The van der Waals surface area contributed by atoms with Crippen molar-refractivity contribution in [3.8, 4) is 0 Å². The Kier molecular flexibility index (Phi) is 4.98. The zero-order valence-electron chi connectivity index (χ0n) is 16.0. The molecule has 3 unspecified atom stereocenters. The first-order valence-corrected chi connectivity index (χ1v) is 10.6. The van der Waals surface area contributed by atoms with Gasteiger partial charge in [0.2, 0.25) is 5.91 Å². The van der Waals surface area contributed by atoms with Crippen molar-refractivity contribution in [2.75, 3.05) is 6.61 Å². The second-order valence-corrected chi connectivity index (χ2v) is 8.21. The maximum atomic E-state index is 13.4. The molecule has 2 fully saturated rings. The fourth-order valence-electron chi connectivity index (χ4n) is 4.02. The summed E-state index contributed by atoms with van der Waals surface area (Å²) in [6, 6.07) is 21.8. The monoisotopic (exact) mass is 420 g/mol. The van der Waals surface area contributed by atoms with Gasteiger partial charge in [0, 0.05) is 10.4 Å². The number of nitrogens with zero attached hydrogens (tertiary/aromatic N) is 1. The van der Waals surface area contributed by atoms with Gasteiger partial charge in [-0.2, -0.15) is 0 Å². The van der Waals surface area contributed by atoms with E-state index in [0.29, 0.717) is 0 Å². The molecular weight excluding hydrogens is 400 g/mol. The Hall–Kier alpha value is -3.16. The van der Waals surface area contributed by atoms with Gasteiger partial charge in [-0.25, -0.2) is 4.79 Å². The minimum atomic E-state index is -0.830. The molecule has 6 nitrogen and oxygen atoms in total. The van der Waals surface area contributed by atoms with Gasteiger partial charge >= 0.3 is 6.09 Å². The summed E-state index contributed by atoms with van der Waals surface area (Å²) >= 11 is 1.51. The number of thiophene rings is 1. The molecule has 0 bridgehead atoms. The first kappa shape index (κ1) is 18.8. The summed E-state index contributed by atoms with van der Waals surface area (Å²) in [6.45, 7) is 0.200. The summed E-state index contributed by atoms with van der Waals surface area (Å²) in [5, 5.41) is 4.88. The lowest BCUT2D eigenvalue weighted by atomic mass is 9.99. The van der Waals surface area contributed by atoms with E-state index in [1.165, 1.54) is 16.2 Å². The number of amides is 2. The van der Waals surface area contributed by atoms with Crippen molar-refractivity contribution in [1.29, 1.82) is 0 Å². The zero-order valence-corrected chi connectivity index (χ0v) is 16.8. The highest BCUT2D eigenvalue weighted by Gasteiger charge is 2.50. The van der Waals surface area contributed by atoms with Gasteiger partial charge in [-0.1, -0.05) is 66.7 Å². The van der Waals surface area contributed by atoms with E-state index >= 15 is 0 Å². The topological polar surface area (TPSA) is 67.9 Å². The smallest absolute Gasteiger partial charge is 0.411 e. The van der Waals surface area contributed by atoms with E-state index in [9.17, 15) is 9.59 Å². The van der Waals surface area contributed by atoms with E-state index in [0.717, 1.165) is 16.0 Å². The molecule has 5 rings (SSSR count). The third-order valence-corrected chi connectivity index (χ3v) is 6.37. The van der Waals surface area contributed by atoms with E-state index < -0.39 is 24.5 Å². The molecule has 0 spiro atoms. The van der Waals surface area contributed by atoms with Crippen molar-refractivity contribution in [3.63, 3.8) is 0 Å². The third-order valence-electron chi connectivity index (χ3n) is 5.43. The average molecular weight is 420 g/mol. The molecule has 2 saturated heterocycles. The third kappa shape index (κ3) is 3.36. The number of ether oxygens (including phenoxy) is 2. The van der Waals surface area contributed by atoms with Crippen LogP contribution in [0.3, 0.4) is 0 Å². The first-order chi connectivity index (χ1) is 14.7. The van der Waals surface area contributed by atoms with E-state index in [1.54, 1.807) is 0 Å². The van der Waals surface area contributed by atoms with Gasteiger partial charge in [0.1, 0.15) is 18.8 Å². The molecule has 7 heteroatoms. The number of hydrogen-bond donors (Lipinski definition) is 1. The van der Waals surface area contributed by atoms with E-state index in [2.05, 4.69) is 5.32 Å². The number of carbonyl (C=O) groups is 2. The van der Waals surface area contributed by atoms with Crippen molar-refractivity contribution < 1.29 is 19.1 Å². The number of cyclic esters (lactones) is 1. The van der Waals surface area contributed by atoms with Gasteiger partial charge < -0.3 is 14.8 Å². The maximum absolute atomic E-state index is 13.4. The molecule has 4 atom stereocenters. The average Bonchev–Trinajstić information content (AvgIpc) is 3.45. The predicted molar refractivity (Wildman–Crippen MR) is 112 cm³/mol. The van der Waals surface area contributed by atoms with Crippen LogP contribution < -0.4 is 5.32 Å². The Morgan fingerprint density at radius 3 is 2.27 bits per heavy atom. The molecule has 30 heavy (non-hydrogen) atoms. The van der Waals surface area contributed by atoms with Crippen LogP contribution in [-0.4, -0.2) is 29.5 Å². The minimum absolute atomic E-state index is 0.200. The Labute approximate surface area is 178 Å². The molecule has 1 N–H and O–H groups in total. The Bertz CT molecular complexity index is 1030. The summed E-state index contributed by atoms with van der Waals surface area (Å²) in [4.78, 5) is 28.5. The second kappa shape index (κ2) is 7.93. The van der Waals surface area contributed by atoms with Crippen molar-refractivity contribution >= 4 is 23.3 Å². The number of hydrogen-bond acceptors (Lipinski definition) is 5.